The number of amides is 1. The number of carbonyl (C=O) groups excluding carboxylic acids is 1. The Morgan fingerprint density at radius 2 is 1.75 bits per heavy atom. The van der Waals surface area contributed by atoms with E-state index in [9.17, 15) is 13.6 Å². The van der Waals surface area contributed by atoms with Gasteiger partial charge >= 0.3 is 5.95 Å². The van der Waals surface area contributed by atoms with E-state index in [0.29, 0.717) is 39.4 Å². The third-order valence-corrected chi connectivity index (χ3v) is 7.55. The minimum atomic E-state index is -0.704. The van der Waals surface area contributed by atoms with Gasteiger partial charge in [-0.15, -0.1) is 0 Å². The van der Waals surface area contributed by atoms with Gasteiger partial charge in [-0.25, -0.2) is 14.1 Å². The van der Waals surface area contributed by atoms with Gasteiger partial charge in [-0.05, 0) is 50.5 Å². The molecule has 1 aromatic heterocycles. The summed E-state index contributed by atoms with van der Waals surface area (Å²) < 4.78 is 29.6. The summed E-state index contributed by atoms with van der Waals surface area (Å²) in [5.74, 6) is -0.937. The fourth-order valence-electron chi connectivity index (χ4n) is 4.95. The van der Waals surface area contributed by atoms with Crippen LogP contribution in [0.15, 0.2) is 71.9 Å². The van der Waals surface area contributed by atoms with Gasteiger partial charge in [0.15, 0.2) is 0 Å². The molecule has 3 heterocycles. The van der Waals surface area contributed by atoms with Crippen molar-refractivity contribution in [3.8, 4) is 11.3 Å². The molecule has 0 unspecified atom stereocenters. The maximum atomic E-state index is 14.8. The number of likely N-dealkylation sites (N-methyl/N-ethyl adjacent to an activating group) is 1. The minimum absolute atomic E-state index is 0.0169. The number of nitrogens with zero attached hydrogens (tertiary/aromatic N) is 5. The van der Waals surface area contributed by atoms with Crippen LogP contribution in [0.25, 0.3) is 11.3 Å². The molecule has 0 aliphatic carbocycles. The van der Waals surface area contributed by atoms with Crippen molar-refractivity contribution in [2.45, 2.75) is 12.6 Å². The molecule has 1 fully saturated rings. The number of aliphatic imine (C=N–C) groups is 1. The Labute approximate surface area is 235 Å². The normalized spacial score (nSPS) is 14.8. The van der Waals surface area contributed by atoms with Crippen LogP contribution >= 0.6 is 11.6 Å². The van der Waals surface area contributed by atoms with Gasteiger partial charge in [0.05, 0.1) is 23.5 Å². The van der Waals surface area contributed by atoms with Crippen molar-refractivity contribution in [2.75, 3.05) is 27.2 Å². The topological polar surface area (TPSA) is 78.3 Å². The van der Waals surface area contributed by atoms with Crippen LogP contribution in [0.2, 0.25) is 5.02 Å². The molecule has 1 amide bonds. The molecule has 40 heavy (non-hydrogen) atoms. The van der Waals surface area contributed by atoms with E-state index in [1.165, 1.54) is 18.2 Å². The first kappa shape index (κ1) is 26.2. The molecular formula is C30H26ClF2N6O+. The quantitative estimate of drug-likeness (QED) is 0.369. The molecule has 0 spiro atoms. The number of carbonyl (C=O) groups is 1. The molecule has 202 valence electrons. The zero-order valence-corrected chi connectivity index (χ0v) is 22.7. The van der Waals surface area contributed by atoms with Crippen molar-refractivity contribution in [1.29, 1.82) is 0 Å². The second kappa shape index (κ2) is 10.5. The standard InChI is InChI=1S/C30H25ClF2N6O/c1-38(2)21-15-39(16-21)29(40)17-6-9-20(10-7-17)36-30-35-14-18-13-34-28(26-24(32)4-3-5-25(26)33)23-12-19(31)8-11-22(23)27(18)37-30/h3-12,14,21H,13,15-16H2,1-2H3,(H,35,36,37)/p+1. The number of hydrogen-bond donors (Lipinski definition) is 1. The minimum Gasteiger partial charge on any atom is -0.335 e. The van der Waals surface area contributed by atoms with Crippen LogP contribution in [0.4, 0.5) is 20.4 Å². The summed E-state index contributed by atoms with van der Waals surface area (Å²) in [6.07, 6.45) is 1.68. The smallest absolute Gasteiger partial charge is 0.331 e. The first-order valence-electron chi connectivity index (χ1n) is 12.8. The highest BCUT2D eigenvalue weighted by molar-refractivity contribution is 6.31. The van der Waals surface area contributed by atoms with E-state index in [-0.39, 0.29) is 23.7 Å². The van der Waals surface area contributed by atoms with E-state index in [0.717, 1.165) is 24.3 Å². The average Bonchev–Trinajstić information content (AvgIpc) is 3.04. The van der Waals surface area contributed by atoms with Crippen LogP contribution in [0.3, 0.4) is 0 Å². The summed E-state index contributed by atoms with van der Waals surface area (Å²) in [6.45, 7) is 1.60. The SMILES string of the molecule is CN(C)C1CN(C(=O)c2ccc([NH2+]c3ncc4c(n3)-c3ccc(Cl)cc3C(c3c(F)cccc3F)=NC4)cc2)C1. The van der Waals surface area contributed by atoms with Crippen LogP contribution < -0.4 is 5.32 Å². The molecule has 2 aliphatic heterocycles. The van der Waals surface area contributed by atoms with Crippen LogP contribution in [0, 0.1) is 11.6 Å². The van der Waals surface area contributed by atoms with E-state index < -0.39 is 11.6 Å². The zero-order valence-electron chi connectivity index (χ0n) is 21.9. The fraction of sp³-hybridized carbons (Fsp3) is 0.200. The number of rotatable bonds is 5. The third kappa shape index (κ3) is 4.88. The first-order chi connectivity index (χ1) is 19.3. The predicted molar refractivity (Wildman–Crippen MR) is 149 cm³/mol. The van der Waals surface area contributed by atoms with Gasteiger partial charge in [-0.1, -0.05) is 23.7 Å². The Balaban J connectivity index is 1.28. The monoisotopic (exact) mass is 559 g/mol. The van der Waals surface area contributed by atoms with E-state index in [2.05, 4.69) is 14.9 Å². The van der Waals surface area contributed by atoms with Crippen LogP contribution in [0.1, 0.15) is 27.0 Å². The molecule has 3 aromatic carbocycles. The molecule has 0 atom stereocenters. The number of quaternary nitrogens is 1. The summed E-state index contributed by atoms with van der Waals surface area (Å²) in [5.41, 5.74) is 3.92. The Kier molecular flexibility index (Phi) is 6.87. The highest BCUT2D eigenvalue weighted by Gasteiger charge is 2.32. The number of halogens is 3. The Bertz CT molecular complexity index is 1630. The van der Waals surface area contributed by atoms with Crippen molar-refractivity contribution in [2.24, 2.45) is 4.99 Å². The number of benzene rings is 3. The van der Waals surface area contributed by atoms with E-state index in [1.807, 2.05) is 36.4 Å². The van der Waals surface area contributed by atoms with Gasteiger partial charge in [0.2, 0.25) is 0 Å². The third-order valence-electron chi connectivity index (χ3n) is 7.32. The molecular weight excluding hydrogens is 534 g/mol. The molecule has 0 saturated carbocycles. The van der Waals surface area contributed by atoms with E-state index in [1.54, 1.807) is 36.5 Å². The number of hydrogen-bond acceptors (Lipinski definition) is 5. The molecule has 2 aliphatic rings. The van der Waals surface area contributed by atoms with Crippen LogP contribution in [0.5, 0.6) is 0 Å². The largest absolute Gasteiger partial charge is 0.335 e. The van der Waals surface area contributed by atoms with Gasteiger partial charge in [-0.2, -0.15) is 9.97 Å². The first-order valence-corrected chi connectivity index (χ1v) is 13.2. The second-order valence-corrected chi connectivity index (χ2v) is 10.6. The van der Waals surface area contributed by atoms with Crippen molar-refractivity contribution in [1.82, 2.24) is 19.8 Å². The van der Waals surface area contributed by atoms with E-state index in [4.69, 9.17) is 16.6 Å². The Hall–Kier alpha value is -4.05. The lowest BCUT2D eigenvalue weighted by Gasteiger charge is -2.42. The second-order valence-electron chi connectivity index (χ2n) is 10.1. The number of likely N-dealkylation sites (tertiary alicyclic amines) is 1. The summed E-state index contributed by atoms with van der Waals surface area (Å²) >= 11 is 6.31. The summed E-state index contributed by atoms with van der Waals surface area (Å²) in [7, 11) is 4.04. The van der Waals surface area contributed by atoms with Crippen molar-refractivity contribution in [3.05, 3.63) is 106 Å². The number of aromatic nitrogens is 2. The maximum absolute atomic E-state index is 14.8. The lowest BCUT2D eigenvalue weighted by atomic mass is 9.95. The number of nitrogens with two attached hydrogens (primary N) is 1. The summed E-state index contributed by atoms with van der Waals surface area (Å²) in [5, 5.41) is 2.23. The Morgan fingerprint density at radius 1 is 1.02 bits per heavy atom. The molecule has 6 rings (SSSR count). The fourth-order valence-corrected chi connectivity index (χ4v) is 5.12. The molecule has 0 bridgehead atoms. The maximum Gasteiger partial charge on any atom is 0.331 e. The lowest BCUT2D eigenvalue weighted by Crippen LogP contribution is -2.72. The van der Waals surface area contributed by atoms with Crippen LogP contribution in [-0.2, 0) is 6.54 Å². The predicted octanol–water partition coefficient (Wildman–Crippen LogP) is 4.34. The van der Waals surface area contributed by atoms with Crippen molar-refractivity contribution in [3.63, 3.8) is 0 Å². The molecule has 2 N–H and O–H groups in total. The highest BCUT2D eigenvalue weighted by atomic mass is 35.5. The van der Waals surface area contributed by atoms with Gasteiger partial charge in [0.25, 0.3) is 5.91 Å². The molecule has 10 heteroatoms. The summed E-state index contributed by atoms with van der Waals surface area (Å²) in [4.78, 5) is 30.6. The Morgan fingerprint density at radius 3 is 2.45 bits per heavy atom. The van der Waals surface area contributed by atoms with E-state index >= 15 is 0 Å². The molecule has 7 nitrogen and oxygen atoms in total. The van der Waals surface area contributed by atoms with Crippen LogP contribution in [-0.4, -0.2) is 64.6 Å². The molecule has 0 radical (unpaired) electrons. The van der Waals surface area contributed by atoms with Gasteiger partial charge < -0.3 is 9.80 Å². The van der Waals surface area contributed by atoms with Crippen molar-refractivity contribution >= 4 is 34.9 Å². The zero-order chi connectivity index (χ0) is 28.0. The van der Waals surface area contributed by atoms with Gasteiger partial charge in [-0.3, -0.25) is 9.79 Å². The summed E-state index contributed by atoms with van der Waals surface area (Å²) in [6, 6.07) is 16.6. The highest BCUT2D eigenvalue weighted by Crippen LogP contribution is 2.34. The van der Waals surface area contributed by atoms with Gasteiger partial charge in [0.1, 0.15) is 17.3 Å². The number of fused-ring (bicyclic) bond motifs is 3. The van der Waals surface area contributed by atoms with Gasteiger partial charge in [0, 0.05) is 64.7 Å². The molecule has 4 aromatic rings. The van der Waals surface area contributed by atoms with Crippen molar-refractivity contribution < 1.29 is 18.9 Å². The lowest BCUT2D eigenvalue weighted by molar-refractivity contribution is -0.487. The molecule has 1 saturated heterocycles. The average molecular weight is 560 g/mol.